The fraction of sp³-hybridized carbons (Fsp3) is 0.0714. The molecule has 0 aromatic heterocycles. The lowest BCUT2D eigenvalue weighted by atomic mass is 10.3. The van der Waals surface area contributed by atoms with Gasteiger partial charge in [0.15, 0.2) is 0 Å². The summed E-state index contributed by atoms with van der Waals surface area (Å²) in [5.41, 5.74) is 0. The third-order valence-electron chi connectivity index (χ3n) is 2.13. The Bertz CT molecular complexity index is 569. The number of carbonyl (C=O) groups excluding carboxylic acids is 1. The maximum Gasteiger partial charge on any atom is 0.308 e. The molecule has 0 aliphatic carbocycles. The third kappa shape index (κ3) is 3.62. The number of benzene rings is 2. The van der Waals surface area contributed by atoms with Crippen LogP contribution in [0.3, 0.4) is 0 Å². The normalized spacial score (nSPS) is 10.1. The Morgan fingerprint density at radius 3 is 2.67 bits per heavy atom. The van der Waals surface area contributed by atoms with Crippen molar-refractivity contribution in [1.29, 1.82) is 0 Å². The summed E-state index contributed by atoms with van der Waals surface area (Å²) in [6, 6.07) is 15.5. The van der Waals surface area contributed by atoms with Crippen molar-refractivity contribution in [2.75, 3.05) is 0 Å². The molecule has 0 fully saturated rings. The highest BCUT2D eigenvalue weighted by molar-refractivity contribution is 9.10. The Kier molecular flexibility index (Phi) is 4.44. The van der Waals surface area contributed by atoms with E-state index in [4.69, 9.17) is 4.74 Å². The molecule has 0 amide bonds. The van der Waals surface area contributed by atoms with Gasteiger partial charge in [0.2, 0.25) is 0 Å². The molecule has 0 radical (unpaired) electrons. The summed E-state index contributed by atoms with van der Waals surface area (Å²) in [7, 11) is 0. The predicted octanol–water partition coefficient (Wildman–Crippen LogP) is 4.53. The number of halogens is 1. The first-order valence-electron chi connectivity index (χ1n) is 5.36. The Morgan fingerprint density at radius 2 is 1.94 bits per heavy atom. The maximum atomic E-state index is 11.0. The molecule has 2 rings (SSSR count). The smallest absolute Gasteiger partial charge is 0.308 e. The van der Waals surface area contributed by atoms with Gasteiger partial charge in [-0.3, -0.25) is 4.79 Å². The van der Waals surface area contributed by atoms with Crippen LogP contribution < -0.4 is 4.74 Å². The van der Waals surface area contributed by atoms with Crippen LogP contribution in [0.5, 0.6) is 5.75 Å². The van der Waals surface area contributed by atoms with Crippen LogP contribution in [0, 0.1) is 0 Å². The first-order chi connectivity index (χ1) is 8.65. The SMILES string of the molecule is CC(=O)Oc1ccccc1Sc1cccc(Br)c1. The molecule has 4 heteroatoms. The van der Waals surface area contributed by atoms with Crippen molar-refractivity contribution in [3.63, 3.8) is 0 Å². The zero-order valence-electron chi connectivity index (χ0n) is 9.72. The minimum Gasteiger partial charge on any atom is -0.426 e. The molecule has 0 heterocycles. The summed E-state index contributed by atoms with van der Waals surface area (Å²) in [6.07, 6.45) is 0. The van der Waals surface area contributed by atoms with Crippen molar-refractivity contribution in [2.24, 2.45) is 0 Å². The van der Waals surface area contributed by atoms with Gasteiger partial charge in [0, 0.05) is 16.3 Å². The molecule has 92 valence electrons. The summed E-state index contributed by atoms with van der Waals surface area (Å²) < 4.78 is 6.20. The second kappa shape index (κ2) is 6.07. The van der Waals surface area contributed by atoms with E-state index in [0.29, 0.717) is 5.75 Å². The van der Waals surface area contributed by atoms with E-state index in [2.05, 4.69) is 15.9 Å². The highest BCUT2D eigenvalue weighted by Crippen LogP contribution is 2.35. The van der Waals surface area contributed by atoms with Gasteiger partial charge in [0.1, 0.15) is 5.75 Å². The lowest BCUT2D eigenvalue weighted by Crippen LogP contribution is -2.02. The van der Waals surface area contributed by atoms with Crippen LogP contribution in [0.1, 0.15) is 6.92 Å². The average molecular weight is 323 g/mol. The third-order valence-corrected chi connectivity index (χ3v) is 3.67. The molecular weight excluding hydrogens is 312 g/mol. The Balaban J connectivity index is 2.26. The largest absolute Gasteiger partial charge is 0.426 e. The van der Waals surface area contributed by atoms with Gasteiger partial charge in [0.25, 0.3) is 0 Å². The second-order valence-corrected chi connectivity index (χ2v) is 5.63. The molecule has 0 unspecified atom stereocenters. The second-order valence-electron chi connectivity index (χ2n) is 3.60. The van der Waals surface area contributed by atoms with E-state index in [1.807, 2.05) is 42.5 Å². The first-order valence-corrected chi connectivity index (χ1v) is 6.97. The van der Waals surface area contributed by atoms with Crippen molar-refractivity contribution in [3.8, 4) is 5.75 Å². The zero-order chi connectivity index (χ0) is 13.0. The van der Waals surface area contributed by atoms with E-state index in [1.165, 1.54) is 6.92 Å². The molecule has 0 spiro atoms. The topological polar surface area (TPSA) is 26.3 Å². The fourth-order valence-corrected chi connectivity index (χ4v) is 2.93. The number of hydrogen-bond donors (Lipinski definition) is 0. The Morgan fingerprint density at radius 1 is 1.17 bits per heavy atom. The van der Waals surface area contributed by atoms with Crippen molar-refractivity contribution in [1.82, 2.24) is 0 Å². The van der Waals surface area contributed by atoms with Crippen LogP contribution in [-0.2, 0) is 4.79 Å². The van der Waals surface area contributed by atoms with E-state index in [1.54, 1.807) is 17.8 Å². The Hall–Kier alpha value is -1.26. The molecule has 0 atom stereocenters. The van der Waals surface area contributed by atoms with E-state index in [9.17, 15) is 4.79 Å². The van der Waals surface area contributed by atoms with Crippen LogP contribution in [0.15, 0.2) is 62.8 Å². The molecular formula is C14H11BrO2S. The van der Waals surface area contributed by atoms with E-state index in [-0.39, 0.29) is 5.97 Å². The fourth-order valence-electron chi connectivity index (χ4n) is 1.43. The Labute approximate surface area is 118 Å². The molecule has 0 saturated carbocycles. The lowest BCUT2D eigenvalue weighted by molar-refractivity contribution is -0.132. The number of para-hydroxylation sites is 1. The van der Waals surface area contributed by atoms with Crippen LogP contribution in [0.25, 0.3) is 0 Å². The van der Waals surface area contributed by atoms with Gasteiger partial charge in [-0.15, -0.1) is 0 Å². The van der Waals surface area contributed by atoms with Gasteiger partial charge in [-0.25, -0.2) is 0 Å². The molecule has 2 nitrogen and oxygen atoms in total. The van der Waals surface area contributed by atoms with Crippen LogP contribution >= 0.6 is 27.7 Å². The van der Waals surface area contributed by atoms with Crippen molar-refractivity contribution >= 4 is 33.7 Å². The van der Waals surface area contributed by atoms with Crippen molar-refractivity contribution < 1.29 is 9.53 Å². The van der Waals surface area contributed by atoms with Crippen LogP contribution in [0.4, 0.5) is 0 Å². The van der Waals surface area contributed by atoms with Crippen molar-refractivity contribution in [3.05, 3.63) is 53.0 Å². The molecule has 2 aromatic carbocycles. The van der Waals surface area contributed by atoms with Crippen LogP contribution in [0.2, 0.25) is 0 Å². The molecule has 2 aromatic rings. The number of hydrogen-bond acceptors (Lipinski definition) is 3. The molecule has 18 heavy (non-hydrogen) atoms. The number of ether oxygens (including phenoxy) is 1. The number of carbonyl (C=O) groups is 1. The molecule has 0 aliphatic rings. The van der Waals surface area contributed by atoms with Gasteiger partial charge in [-0.1, -0.05) is 45.9 Å². The molecule has 0 saturated heterocycles. The van der Waals surface area contributed by atoms with Crippen LogP contribution in [-0.4, -0.2) is 5.97 Å². The lowest BCUT2D eigenvalue weighted by Gasteiger charge is -2.08. The van der Waals surface area contributed by atoms with Gasteiger partial charge < -0.3 is 4.74 Å². The highest BCUT2D eigenvalue weighted by Gasteiger charge is 2.07. The van der Waals surface area contributed by atoms with E-state index in [0.717, 1.165) is 14.3 Å². The molecule has 0 aliphatic heterocycles. The van der Waals surface area contributed by atoms with Gasteiger partial charge >= 0.3 is 5.97 Å². The minimum atomic E-state index is -0.308. The predicted molar refractivity (Wildman–Crippen MR) is 76.0 cm³/mol. The van der Waals surface area contributed by atoms with E-state index >= 15 is 0 Å². The summed E-state index contributed by atoms with van der Waals surface area (Å²) >= 11 is 5.00. The zero-order valence-corrected chi connectivity index (χ0v) is 12.1. The standard InChI is InChI=1S/C14H11BrO2S/c1-10(16)17-13-7-2-3-8-14(13)18-12-6-4-5-11(15)9-12/h2-9H,1H3. The summed E-state index contributed by atoms with van der Waals surface area (Å²) in [5, 5.41) is 0. The number of esters is 1. The van der Waals surface area contributed by atoms with Gasteiger partial charge in [-0.2, -0.15) is 0 Å². The summed E-state index contributed by atoms with van der Waals surface area (Å²) in [5.74, 6) is 0.285. The van der Waals surface area contributed by atoms with Gasteiger partial charge in [-0.05, 0) is 30.3 Å². The summed E-state index contributed by atoms with van der Waals surface area (Å²) in [6.45, 7) is 1.40. The summed E-state index contributed by atoms with van der Waals surface area (Å²) in [4.78, 5) is 13.0. The molecule has 0 N–H and O–H groups in total. The number of rotatable bonds is 3. The highest BCUT2D eigenvalue weighted by atomic mass is 79.9. The molecule has 0 bridgehead atoms. The monoisotopic (exact) mass is 322 g/mol. The quantitative estimate of drug-likeness (QED) is 0.613. The average Bonchev–Trinajstić information content (AvgIpc) is 2.31. The maximum absolute atomic E-state index is 11.0. The van der Waals surface area contributed by atoms with E-state index < -0.39 is 0 Å². The van der Waals surface area contributed by atoms with Gasteiger partial charge in [0.05, 0.1) is 4.90 Å². The first kappa shape index (κ1) is 13.2. The van der Waals surface area contributed by atoms with Crippen molar-refractivity contribution in [2.45, 2.75) is 16.7 Å². The minimum absolute atomic E-state index is 0.308.